The van der Waals surface area contributed by atoms with Crippen molar-refractivity contribution in [1.82, 2.24) is 15.3 Å². The number of aromatic nitrogens is 2. The van der Waals surface area contributed by atoms with E-state index >= 15 is 0 Å². The van der Waals surface area contributed by atoms with Crippen LogP contribution >= 0.6 is 11.8 Å². The lowest BCUT2D eigenvalue weighted by Gasteiger charge is -2.38. The number of hydrogen-bond acceptors (Lipinski definition) is 7. The van der Waals surface area contributed by atoms with Crippen molar-refractivity contribution in [3.05, 3.63) is 41.9 Å². The Bertz CT molecular complexity index is 951. The Morgan fingerprint density at radius 1 is 1.27 bits per heavy atom. The number of nitrogens with one attached hydrogen (secondary N) is 3. The van der Waals surface area contributed by atoms with Crippen LogP contribution in [0, 0.1) is 11.3 Å². The molecule has 3 heterocycles. The van der Waals surface area contributed by atoms with Gasteiger partial charge >= 0.3 is 6.61 Å². The van der Waals surface area contributed by atoms with Gasteiger partial charge in [0.1, 0.15) is 11.6 Å². The summed E-state index contributed by atoms with van der Waals surface area (Å²) in [5, 5.41) is 14.4. The Morgan fingerprint density at radius 3 is 2.60 bits per heavy atom. The molecule has 2 aromatic heterocycles. The standard InChI is InChI=1S/C20H23F2N5O2S/c1-11(2)16(23)15-4-12(18(28)27-20(3)9-30-10-20)6-25-17(15)26-13-5-14(8-24-7-13)29-19(21)22/h4-8,11,19,23H,9-10H2,1-3H3,(H,25,26)(H,27,28). The van der Waals surface area contributed by atoms with E-state index in [1.54, 1.807) is 17.8 Å². The number of pyridine rings is 2. The first-order chi connectivity index (χ1) is 14.2. The molecule has 0 unspecified atom stereocenters. The molecule has 0 radical (unpaired) electrons. The van der Waals surface area contributed by atoms with Crippen LogP contribution in [0.25, 0.3) is 0 Å². The number of thioether (sulfide) groups is 1. The maximum atomic E-state index is 12.7. The van der Waals surface area contributed by atoms with Crippen LogP contribution in [0.1, 0.15) is 36.7 Å². The van der Waals surface area contributed by atoms with Crippen molar-refractivity contribution in [1.29, 1.82) is 5.41 Å². The average Bonchev–Trinajstić information content (AvgIpc) is 2.66. The molecule has 30 heavy (non-hydrogen) atoms. The van der Waals surface area contributed by atoms with Gasteiger partial charge < -0.3 is 20.8 Å². The number of carbonyl (C=O) groups excluding carboxylic acids is 1. The van der Waals surface area contributed by atoms with E-state index in [1.807, 2.05) is 20.8 Å². The fourth-order valence-electron chi connectivity index (χ4n) is 2.82. The molecule has 1 aliphatic heterocycles. The maximum absolute atomic E-state index is 12.7. The number of ether oxygens (including phenoxy) is 1. The zero-order valence-electron chi connectivity index (χ0n) is 16.8. The molecule has 0 aliphatic carbocycles. The second-order valence-electron chi connectivity index (χ2n) is 7.61. The summed E-state index contributed by atoms with van der Waals surface area (Å²) in [5.41, 5.74) is 1.23. The van der Waals surface area contributed by atoms with Gasteiger partial charge in [-0.2, -0.15) is 20.5 Å². The summed E-state index contributed by atoms with van der Waals surface area (Å²) in [6, 6.07) is 2.98. The second kappa shape index (κ2) is 8.95. The summed E-state index contributed by atoms with van der Waals surface area (Å²) in [6.45, 7) is 2.76. The first kappa shape index (κ1) is 21.9. The Kier molecular flexibility index (Phi) is 6.55. The topological polar surface area (TPSA) is 100.0 Å². The van der Waals surface area contributed by atoms with Gasteiger partial charge in [0.2, 0.25) is 0 Å². The van der Waals surface area contributed by atoms with E-state index < -0.39 is 6.61 Å². The molecule has 2 aromatic rings. The Labute approximate surface area is 177 Å². The number of anilines is 2. The first-order valence-corrected chi connectivity index (χ1v) is 10.5. The van der Waals surface area contributed by atoms with Crippen LogP contribution in [0.15, 0.2) is 30.7 Å². The Morgan fingerprint density at radius 2 is 2.00 bits per heavy atom. The van der Waals surface area contributed by atoms with E-state index in [4.69, 9.17) is 5.41 Å². The van der Waals surface area contributed by atoms with Crippen LogP contribution in [0.2, 0.25) is 0 Å². The van der Waals surface area contributed by atoms with Crippen LogP contribution in [0.3, 0.4) is 0 Å². The fraction of sp³-hybridized carbons (Fsp3) is 0.400. The van der Waals surface area contributed by atoms with Crippen LogP contribution in [-0.4, -0.2) is 45.2 Å². The molecular weight excluding hydrogens is 412 g/mol. The lowest BCUT2D eigenvalue weighted by molar-refractivity contribution is -0.0500. The van der Waals surface area contributed by atoms with Crippen LogP contribution < -0.4 is 15.4 Å². The molecule has 160 valence electrons. The van der Waals surface area contributed by atoms with Gasteiger partial charge in [-0.1, -0.05) is 13.8 Å². The van der Waals surface area contributed by atoms with Crippen LogP contribution in [-0.2, 0) is 0 Å². The minimum absolute atomic E-state index is 0.0990. The summed E-state index contributed by atoms with van der Waals surface area (Å²) >= 11 is 1.76. The molecule has 0 atom stereocenters. The summed E-state index contributed by atoms with van der Waals surface area (Å²) in [4.78, 5) is 20.9. The minimum Gasteiger partial charge on any atom is -0.433 e. The molecule has 7 nitrogen and oxygen atoms in total. The summed E-state index contributed by atoms with van der Waals surface area (Å²) in [5.74, 6) is 1.57. The molecule has 0 spiro atoms. The molecule has 1 aliphatic rings. The van der Waals surface area contributed by atoms with Gasteiger partial charge in [-0.3, -0.25) is 9.78 Å². The SMILES string of the molecule is CC(C)C(=N)c1cc(C(=O)NC2(C)CSC2)cnc1Nc1cncc(OC(F)F)c1. The van der Waals surface area contributed by atoms with Crippen LogP contribution in [0.5, 0.6) is 5.75 Å². The predicted molar refractivity (Wildman–Crippen MR) is 113 cm³/mol. The van der Waals surface area contributed by atoms with E-state index in [-0.39, 0.29) is 28.8 Å². The van der Waals surface area contributed by atoms with Crippen molar-refractivity contribution in [2.24, 2.45) is 5.92 Å². The van der Waals surface area contributed by atoms with E-state index in [2.05, 4.69) is 25.3 Å². The zero-order chi connectivity index (χ0) is 21.9. The lowest BCUT2D eigenvalue weighted by Crippen LogP contribution is -2.55. The predicted octanol–water partition coefficient (Wildman–Crippen LogP) is 4.08. The highest BCUT2D eigenvalue weighted by Gasteiger charge is 2.34. The number of nitrogens with zero attached hydrogens (tertiary/aromatic N) is 2. The molecule has 0 bridgehead atoms. The molecule has 10 heteroatoms. The highest BCUT2D eigenvalue weighted by atomic mass is 32.2. The number of rotatable bonds is 8. The van der Waals surface area contributed by atoms with Crippen molar-refractivity contribution in [3.8, 4) is 5.75 Å². The molecular formula is C20H23F2N5O2S. The van der Waals surface area contributed by atoms with Gasteiger partial charge in [0.15, 0.2) is 0 Å². The molecule has 0 aromatic carbocycles. The van der Waals surface area contributed by atoms with Gasteiger partial charge in [0.05, 0.1) is 29.2 Å². The van der Waals surface area contributed by atoms with Gasteiger partial charge in [-0.25, -0.2) is 4.98 Å². The highest BCUT2D eigenvalue weighted by Crippen LogP contribution is 2.29. The van der Waals surface area contributed by atoms with Gasteiger partial charge in [-0.15, -0.1) is 0 Å². The monoisotopic (exact) mass is 435 g/mol. The van der Waals surface area contributed by atoms with Crippen molar-refractivity contribution >= 4 is 34.9 Å². The van der Waals surface area contributed by atoms with E-state index in [0.717, 1.165) is 11.5 Å². The van der Waals surface area contributed by atoms with Gasteiger partial charge in [0.25, 0.3) is 5.91 Å². The molecule has 3 N–H and O–H groups in total. The Balaban J connectivity index is 1.88. The second-order valence-corrected chi connectivity index (χ2v) is 8.59. The molecule has 1 saturated heterocycles. The third kappa shape index (κ3) is 5.24. The van der Waals surface area contributed by atoms with E-state index in [1.165, 1.54) is 24.7 Å². The smallest absolute Gasteiger partial charge is 0.387 e. The molecule has 1 amide bonds. The van der Waals surface area contributed by atoms with Gasteiger partial charge in [0, 0.05) is 35.0 Å². The largest absolute Gasteiger partial charge is 0.433 e. The van der Waals surface area contributed by atoms with Crippen LogP contribution in [0.4, 0.5) is 20.3 Å². The molecule has 0 saturated carbocycles. The number of amides is 1. The van der Waals surface area contributed by atoms with Gasteiger partial charge in [-0.05, 0) is 18.9 Å². The summed E-state index contributed by atoms with van der Waals surface area (Å²) in [7, 11) is 0. The third-order valence-corrected chi connectivity index (χ3v) is 6.16. The maximum Gasteiger partial charge on any atom is 0.387 e. The summed E-state index contributed by atoms with van der Waals surface area (Å²) in [6.07, 6.45) is 4.03. The van der Waals surface area contributed by atoms with Crippen molar-refractivity contribution in [2.75, 3.05) is 16.8 Å². The number of carbonyl (C=O) groups is 1. The molecule has 1 fully saturated rings. The normalized spacial score (nSPS) is 14.9. The molecule has 3 rings (SSSR count). The number of halogens is 2. The average molecular weight is 436 g/mol. The zero-order valence-corrected chi connectivity index (χ0v) is 17.6. The van der Waals surface area contributed by atoms with Crippen molar-refractivity contribution in [3.63, 3.8) is 0 Å². The van der Waals surface area contributed by atoms with E-state index in [0.29, 0.717) is 22.6 Å². The van der Waals surface area contributed by atoms with Crippen molar-refractivity contribution < 1.29 is 18.3 Å². The lowest BCUT2D eigenvalue weighted by atomic mass is 9.98. The quantitative estimate of drug-likeness (QED) is 0.540. The third-order valence-electron chi connectivity index (χ3n) is 4.48. The first-order valence-electron chi connectivity index (χ1n) is 9.33. The highest BCUT2D eigenvalue weighted by molar-refractivity contribution is 8.00. The van der Waals surface area contributed by atoms with E-state index in [9.17, 15) is 13.6 Å². The Hall–Kier alpha value is -2.75. The number of hydrogen-bond donors (Lipinski definition) is 3. The minimum atomic E-state index is -2.96. The fourth-order valence-corrected chi connectivity index (χ4v) is 3.78. The summed E-state index contributed by atoms with van der Waals surface area (Å²) < 4.78 is 29.3. The number of alkyl halides is 2. The van der Waals surface area contributed by atoms with Crippen molar-refractivity contribution in [2.45, 2.75) is 32.9 Å².